The molecule has 0 saturated carbocycles. The maximum Gasteiger partial charge on any atom is 0.293 e. The molecule has 3 N–H and O–H groups in total. The first kappa shape index (κ1) is 21.2. The molecule has 1 saturated heterocycles. The Balaban J connectivity index is 0.00000312. The number of nitro benzene ring substituents is 1. The first-order chi connectivity index (χ1) is 11.4. The third-order valence-corrected chi connectivity index (χ3v) is 4.26. The van der Waals surface area contributed by atoms with E-state index in [4.69, 9.17) is 5.73 Å². The van der Waals surface area contributed by atoms with Gasteiger partial charge in [-0.05, 0) is 37.3 Å². The highest BCUT2D eigenvalue weighted by molar-refractivity contribution is 5.96. The lowest BCUT2D eigenvalue weighted by Crippen LogP contribution is -2.41. The van der Waals surface area contributed by atoms with Gasteiger partial charge < -0.3 is 16.0 Å². The van der Waals surface area contributed by atoms with Crippen LogP contribution in [0.3, 0.4) is 0 Å². The molecule has 1 aliphatic heterocycles. The second-order valence-electron chi connectivity index (χ2n) is 6.69. The number of benzene rings is 1. The first-order valence-electron chi connectivity index (χ1n) is 8.46. The van der Waals surface area contributed by atoms with Crippen LogP contribution >= 0.6 is 12.4 Å². The average Bonchev–Trinajstić information content (AvgIpc) is 3.07. The van der Waals surface area contributed by atoms with Gasteiger partial charge in [-0.15, -0.1) is 12.4 Å². The van der Waals surface area contributed by atoms with Crippen LogP contribution in [0.2, 0.25) is 0 Å². The number of carbonyl (C=O) groups is 1. The zero-order valence-electron chi connectivity index (χ0n) is 14.7. The third kappa shape index (κ3) is 5.57. The summed E-state index contributed by atoms with van der Waals surface area (Å²) >= 11 is 0. The minimum Gasteiger partial charge on any atom is -0.366 e. The zero-order valence-corrected chi connectivity index (χ0v) is 15.6. The largest absolute Gasteiger partial charge is 0.366 e. The Labute approximate surface area is 154 Å². The summed E-state index contributed by atoms with van der Waals surface area (Å²) in [5.74, 6) is 0.0906. The molecule has 1 atom stereocenters. The SMILES string of the molecule is CC(C)CC(CN)NC(=O)c1ccc(N2CCCC2)c([N+](=O)[O-])c1.Cl. The lowest BCUT2D eigenvalue weighted by Gasteiger charge is -2.20. The number of nitro groups is 1. The molecule has 0 spiro atoms. The number of nitrogens with zero attached hydrogens (tertiary/aromatic N) is 2. The predicted molar refractivity (Wildman–Crippen MR) is 102 cm³/mol. The van der Waals surface area contributed by atoms with Gasteiger partial charge in [0.15, 0.2) is 0 Å². The van der Waals surface area contributed by atoms with Gasteiger partial charge in [-0.1, -0.05) is 13.8 Å². The number of hydrogen-bond acceptors (Lipinski definition) is 5. The van der Waals surface area contributed by atoms with Crippen LogP contribution in [0, 0.1) is 16.0 Å². The van der Waals surface area contributed by atoms with Gasteiger partial charge in [-0.25, -0.2) is 0 Å². The molecule has 1 heterocycles. The van der Waals surface area contributed by atoms with Crippen LogP contribution in [0.1, 0.15) is 43.5 Å². The minimum absolute atomic E-state index is 0. The molecule has 0 aromatic heterocycles. The summed E-state index contributed by atoms with van der Waals surface area (Å²) < 4.78 is 0. The number of nitrogens with one attached hydrogen (secondary N) is 1. The summed E-state index contributed by atoms with van der Waals surface area (Å²) in [4.78, 5) is 25.4. The Kier molecular flexibility index (Phi) is 8.12. The fraction of sp³-hybridized carbons (Fsp3) is 0.588. The average molecular weight is 371 g/mol. The Morgan fingerprint density at radius 2 is 2.00 bits per heavy atom. The smallest absolute Gasteiger partial charge is 0.293 e. The standard InChI is InChI=1S/C17H26N4O3.ClH/c1-12(2)9-14(11-18)19-17(22)13-5-6-15(16(10-13)21(23)24)20-7-3-4-8-20;/h5-6,10,12,14H,3-4,7-9,11,18H2,1-2H3,(H,19,22);1H. The zero-order chi connectivity index (χ0) is 17.7. The molecule has 7 nitrogen and oxygen atoms in total. The summed E-state index contributed by atoms with van der Waals surface area (Å²) in [5, 5.41) is 14.3. The highest BCUT2D eigenvalue weighted by atomic mass is 35.5. The van der Waals surface area contributed by atoms with E-state index in [1.54, 1.807) is 12.1 Å². The van der Waals surface area contributed by atoms with Gasteiger partial charge in [0.1, 0.15) is 5.69 Å². The molecular weight excluding hydrogens is 344 g/mol. The van der Waals surface area contributed by atoms with Gasteiger partial charge in [-0.3, -0.25) is 14.9 Å². The van der Waals surface area contributed by atoms with Gasteiger partial charge in [0.05, 0.1) is 4.92 Å². The number of nitrogens with two attached hydrogens (primary N) is 1. The topological polar surface area (TPSA) is 102 Å². The van der Waals surface area contributed by atoms with E-state index in [2.05, 4.69) is 19.2 Å². The number of hydrogen-bond donors (Lipinski definition) is 2. The summed E-state index contributed by atoms with van der Waals surface area (Å²) in [6, 6.07) is 4.57. The van der Waals surface area contributed by atoms with E-state index in [1.807, 2.05) is 4.90 Å². The Hall–Kier alpha value is -1.86. The number of anilines is 1. The summed E-state index contributed by atoms with van der Waals surface area (Å²) in [6.07, 6.45) is 2.84. The van der Waals surface area contributed by atoms with E-state index in [1.165, 1.54) is 6.07 Å². The summed E-state index contributed by atoms with van der Waals surface area (Å²) in [5.41, 5.74) is 6.57. The molecule has 25 heavy (non-hydrogen) atoms. The van der Waals surface area contributed by atoms with Crippen LogP contribution in [0.4, 0.5) is 11.4 Å². The molecule has 140 valence electrons. The predicted octanol–water partition coefficient (Wildman–Crippen LogP) is 2.72. The van der Waals surface area contributed by atoms with Crippen molar-refractivity contribution in [2.24, 2.45) is 11.7 Å². The number of rotatable bonds is 7. The highest BCUT2D eigenvalue weighted by Crippen LogP contribution is 2.31. The molecule has 0 bridgehead atoms. The van der Waals surface area contributed by atoms with Gasteiger partial charge in [0.2, 0.25) is 0 Å². The first-order valence-corrected chi connectivity index (χ1v) is 8.46. The third-order valence-electron chi connectivity index (χ3n) is 4.26. The highest BCUT2D eigenvalue weighted by Gasteiger charge is 2.24. The van der Waals surface area contributed by atoms with Crippen molar-refractivity contribution in [3.8, 4) is 0 Å². The lowest BCUT2D eigenvalue weighted by atomic mass is 10.0. The molecule has 1 aromatic rings. The van der Waals surface area contributed by atoms with Crippen LogP contribution in [0.25, 0.3) is 0 Å². The Morgan fingerprint density at radius 3 is 2.52 bits per heavy atom. The number of carbonyl (C=O) groups excluding carboxylic acids is 1. The van der Waals surface area contributed by atoms with Crippen LogP contribution in [-0.2, 0) is 0 Å². The maximum absolute atomic E-state index is 12.4. The molecule has 0 radical (unpaired) electrons. The van der Waals surface area contributed by atoms with Crippen molar-refractivity contribution < 1.29 is 9.72 Å². The van der Waals surface area contributed by atoms with Gasteiger partial charge in [-0.2, -0.15) is 0 Å². The van der Waals surface area contributed by atoms with Crippen molar-refractivity contribution in [1.82, 2.24) is 5.32 Å². The van der Waals surface area contributed by atoms with Gasteiger partial charge in [0, 0.05) is 37.3 Å². The molecule has 1 aliphatic rings. The molecule has 0 aliphatic carbocycles. The van der Waals surface area contributed by atoms with Crippen LogP contribution in [0.15, 0.2) is 18.2 Å². The van der Waals surface area contributed by atoms with Crippen molar-refractivity contribution in [2.45, 2.75) is 39.2 Å². The monoisotopic (exact) mass is 370 g/mol. The maximum atomic E-state index is 12.4. The quantitative estimate of drug-likeness (QED) is 0.567. The normalized spacial score (nSPS) is 15.0. The molecule has 8 heteroatoms. The fourth-order valence-corrected chi connectivity index (χ4v) is 3.09. The minimum atomic E-state index is -0.418. The molecule has 1 aromatic carbocycles. The molecule has 1 fully saturated rings. The van der Waals surface area contributed by atoms with Gasteiger partial charge in [0.25, 0.3) is 11.6 Å². The fourth-order valence-electron chi connectivity index (χ4n) is 3.09. The molecule has 2 rings (SSSR count). The second kappa shape index (κ2) is 9.58. The summed E-state index contributed by atoms with van der Waals surface area (Å²) in [7, 11) is 0. The van der Waals surface area contributed by atoms with Crippen molar-refractivity contribution in [1.29, 1.82) is 0 Å². The lowest BCUT2D eigenvalue weighted by molar-refractivity contribution is -0.384. The van der Waals surface area contributed by atoms with Crippen LogP contribution < -0.4 is 16.0 Å². The van der Waals surface area contributed by atoms with Crippen molar-refractivity contribution in [2.75, 3.05) is 24.5 Å². The molecule has 1 amide bonds. The number of amides is 1. The van der Waals surface area contributed by atoms with Crippen LogP contribution in [-0.4, -0.2) is 36.5 Å². The van der Waals surface area contributed by atoms with E-state index >= 15 is 0 Å². The van der Waals surface area contributed by atoms with E-state index in [-0.39, 0.29) is 30.0 Å². The van der Waals surface area contributed by atoms with Crippen molar-refractivity contribution in [3.63, 3.8) is 0 Å². The summed E-state index contributed by atoms with van der Waals surface area (Å²) in [6.45, 7) is 6.10. The molecular formula is C17H27ClN4O3. The molecule has 1 unspecified atom stereocenters. The second-order valence-corrected chi connectivity index (χ2v) is 6.69. The van der Waals surface area contributed by atoms with Crippen LogP contribution in [0.5, 0.6) is 0 Å². The van der Waals surface area contributed by atoms with Crippen molar-refractivity contribution in [3.05, 3.63) is 33.9 Å². The van der Waals surface area contributed by atoms with E-state index in [9.17, 15) is 14.9 Å². The van der Waals surface area contributed by atoms with E-state index < -0.39 is 4.92 Å². The number of halogens is 1. The Bertz CT molecular complexity index is 604. The van der Waals surface area contributed by atoms with E-state index in [0.29, 0.717) is 23.7 Å². The Morgan fingerprint density at radius 1 is 1.36 bits per heavy atom. The van der Waals surface area contributed by atoms with Gasteiger partial charge >= 0.3 is 0 Å². The van der Waals surface area contributed by atoms with Crippen molar-refractivity contribution >= 4 is 29.7 Å². The van der Waals surface area contributed by atoms with E-state index in [0.717, 1.165) is 32.4 Å².